The standard InChI is InChI=1S/C8H11N2/c1-10-6-7-4-2-3-5-8(7)9-10/h4,6H,2-3,5H2,1H3. The number of hydrogen-bond acceptors (Lipinski definition) is 1. The first-order chi connectivity index (χ1) is 4.86. The van der Waals surface area contributed by atoms with Crippen LogP contribution < -0.4 is 0 Å². The lowest BCUT2D eigenvalue weighted by Crippen LogP contribution is -1.98. The van der Waals surface area contributed by atoms with Crippen molar-refractivity contribution in [2.75, 3.05) is 0 Å². The van der Waals surface area contributed by atoms with Gasteiger partial charge in [0.05, 0.1) is 5.69 Å². The van der Waals surface area contributed by atoms with Gasteiger partial charge in [0, 0.05) is 13.2 Å². The molecule has 0 N–H and O–H groups in total. The highest BCUT2D eigenvalue weighted by molar-refractivity contribution is 5.27. The van der Waals surface area contributed by atoms with Gasteiger partial charge in [-0.05, 0) is 31.2 Å². The summed E-state index contributed by atoms with van der Waals surface area (Å²) in [6.07, 6.45) is 8.01. The molecule has 0 amide bonds. The van der Waals surface area contributed by atoms with Gasteiger partial charge in [0.25, 0.3) is 0 Å². The fraction of sp³-hybridized carbons (Fsp3) is 0.500. The number of fused-ring (bicyclic) bond motifs is 1. The second kappa shape index (κ2) is 2.11. The van der Waals surface area contributed by atoms with Crippen LogP contribution in [0.2, 0.25) is 0 Å². The summed E-state index contributed by atoms with van der Waals surface area (Å²) < 4.78 is 1.90. The van der Waals surface area contributed by atoms with Crippen LogP contribution in [-0.4, -0.2) is 9.78 Å². The van der Waals surface area contributed by atoms with E-state index in [-0.39, 0.29) is 0 Å². The monoisotopic (exact) mass is 135 g/mol. The molecule has 1 aromatic heterocycles. The van der Waals surface area contributed by atoms with E-state index in [0.717, 1.165) is 6.42 Å². The first-order valence-electron chi connectivity index (χ1n) is 3.72. The number of rotatable bonds is 0. The molecule has 1 radical (unpaired) electrons. The highest BCUT2D eigenvalue weighted by Gasteiger charge is 2.11. The highest BCUT2D eigenvalue weighted by atomic mass is 15.2. The van der Waals surface area contributed by atoms with Crippen LogP contribution in [0.5, 0.6) is 0 Å². The van der Waals surface area contributed by atoms with Crippen LogP contribution in [0.15, 0.2) is 6.20 Å². The van der Waals surface area contributed by atoms with E-state index in [0.29, 0.717) is 0 Å². The average molecular weight is 135 g/mol. The lowest BCUT2D eigenvalue weighted by atomic mass is 9.99. The van der Waals surface area contributed by atoms with Gasteiger partial charge in [-0.25, -0.2) is 0 Å². The van der Waals surface area contributed by atoms with E-state index in [9.17, 15) is 0 Å². The molecule has 0 bridgehead atoms. The largest absolute Gasteiger partial charge is 0.275 e. The van der Waals surface area contributed by atoms with Crippen LogP contribution >= 0.6 is 0 Å². The van der Waals surface area contributed by atoms with Crippen molar-refractivity contribution in [3.63, 3.8) is 0 Å². The lowest BCUT2D eigenvalue weighted by molar-refractivity contribution is 0.710. The van der Waals surface area contributed by atoms with Gasteiger partial charge in [0.2, 0.25) is 0 Å². The minimum atomic E-state index is 1.16. The van der Waals surface area contributed by atoms with Crippen LogP contribution in [-0.2, 0) is 13.5 Å². The third kappa shape index (κ3) is 0.838. The SMILES string of the molecule is Cn1cc2c(n1)CCC[CH]2. The van der Waals surface area contributed by atoms with E-state index < -0.39 is 0 Å². The summed E-state index contributed by atoms with van der Waals surface area (Å²) in [5.41, 5.74) is 2.61. The molecular weight excluding hydrogens is 124 g/mol. The molecule has 0 fully saturated rings. The zero-order valence-electron chi connectivity index (χ0n) is 6.17. The molecule has 0 atom stereocenters. The molecule has 53 valence electrons. The predicted octanol–water partition coefficient (Wildman–Crippen LogP) is 1.31. The molecule has 10 heavy (non-hydrogen) atoms. The van der Waals surface area contributed by atoms with Crippen molar-refractivity contribution in [1.29, 1.82) is 0 Å². The summed E-state index contributed by atoms with van der Waals surface area (Å²) in [5, 5.41) is 4.34. The van der Waals surface area contributed by atoms with Crippen molar-refractivity contribution < 1.29 is 0 Å². The highest BCUT2D eigenvalue weighted by Crippen LogP contribution is 2.20. The van der Waals surface area contributed by atoms with Crippen molar-refractivity contribution in [1.82, 2.24) is 9.78 Å². The third-order valence-electron chi connectivity index (χ3n) is 1.92. The van der Waals surface area contributed by atoms with E-state index in [4.69, 9.17) is 0 Å². The fourth-order valence-electron chi connectivity index (χ4n) is 1.44. The van der Waals surface area contributed by atoms with Crippen LogP contribution in [0, 0.1) is 6.42 Å². The average Bonchev–Trinajstić information content (AvgIpc) is 2.27. The normalized spacial score (nSPS) is 16.9. The maximum atomic E-state index is 4.34. The molecule has 2 nitrogen and oxygen atoms in total. The minimum absolute atomic E-state index is 1.16. The van der Waals surface area contributed by atoms with Crippen molar-refractivity contribution in [2.24, 2.45) is 7.05 Å². The fourth-order valence-corrected chi connectivity index (χ4v) is 1.44. The summed E-state index contributed by atoms with van der Waals surface area (Å²) in [4.78, 5) is 0. The summed E-state index contributed by atoms with van der Waals surface area (Å²) in [7, 11) is 1.98. The Morgan fingerprint density at radius 1 is 1.60 bits per heavy atom. The van der Waals surface area contributed by atoms with E-state index >= 15 is 0 Å². The van der Waals surface area contributed by atoms with Crippen LogP contribution in [0.3, 0.4) is 0 Å². The molecule has 2 heteroatoms. The molecule has 2 rings (SSSR count). The van der Waals surface area contributed by atoms with Crippen molar-refractivity contribution in [2.45, 2.75) is 19.3 Å². The van der Waals surface area contributed by atoms with E-state index in [2.05, 4.69) is 17.7 Å². The Bertz CT molecular complexity index is 214. The van der Waals surface area contributed by atoms with Gasteiger partial charge in [0.15, 0.2) is 0 Å². The van der Waals surface area contributed by atoms with Crippen molar-refractivity contribution in [3.05, 3.63) is 23.9 Å². The topological polar surface area (TPSA) is 17.8 Å². The van der Waals surface area contributed by atoms with Gasteiger partial charge < -0.3 is 0 Å². The second-order valence-corrected chi connectivity index (χ2v) is 2.80. The lowest BCUT2D eigenvalue weighted by Gasteiger charge is -2.06. The smallest absolute Gasteiger partial charge is 0.0659 e. The zero-order chi connectivity index (χ0) is 6.97. The van der Waals surface area contributed by atoms with Crippen LogP contribution in [0.1, 0.15) is 24.1 Å². The Hall–Kier alpha value is -0.790. The molecule has 0 saturated carbocycles. The Balaban J connectivity index is 2.41. The van der Waals surface area contributed by atoms with Gasteiger partial charge in [-0.3, -0.25) is 4.68 Å². The molecule has 1 aromatic rings. The van der Waals surface area contributed by atoms with E-state index in [1.165, 1.54) is 24.1 Å². The van der Waals surface area contributed by atoms with Gasteiger partial charge in [-0.15, -0.1) is 0 Å². The summed E-state index contributed by atoms with van der Waals surface area (Å²) in [5.74, 6) is 0. The molecule has 0 aliphatic heterocycles. The van der Waals surface area contributed by atoms with Gasteiger partial charge in [-0.2, -0.15) is 5.10 Å². The zero-order valence-corrected chi connectivity index (χ0v) is 6.17. The summed E-state index contributed by atoms with van der Waals surface area (Å²) >= 11 is 0. The Kier molecular flexibility index (Phi) is 1.26. The molecule has 1 aliphatic carbocycles. The molecule has 0 unspecified atom stereocenters. The molecular formula is C8H11N2. The Labute approximate surface area is 60.9 Å². The summed E-state index contributed by atoms with van der Waals surface area (Å²) in [6, 6.07) is 0. The predicted molar refractivity (Wildman–Crippen MR) is 39.5 cm³/mol. The second-order valence-electron chi connectivity index (χ2n) is 2.80. The molecule has 0 saturated heterocycles. The number of aromatic nitrogens is 2. The quantitative estimate of drug-likeness (QED) is 0.524. The van der Waals surface area contributed by atoms with Gasteiger partial charge in [-0.1, -0.05) is 0 Å². The van der Waals surface area contributed by atoms with Crippen molar-refractivity contribution >= 4 is 0 Å². The Morgan fingerprint density at radius 3 is 3.30 bits per heavy atom. The molecule has 0 aromatic carbocycles. The molecule has 1 aliphatic rings. The molecule has 1 heterocycles. The minimum Gasteiger partial charge on any atom is -0.275 e. The number of aryl methyl sites for hydroxylation is 2. The van der Waals surface area contributed by atoms with E-state index in [1.54, 1.807) is 0 Å². The molecule has 0 spiro atoms. The third-order valence-corrected chi connectivity index (χ3v) is 1.92. The van der Waals surface area contributed by atoms with Crippen LogP contribution in [0.4, 0.5) is 0 Å². The van der Waals surface area contributed by atoms with Gasteiger partial charge >= 0.3 is 0 Å². The first-order valence-corrected chi connectivity index (χ1v) is 3.72. The number of hydrogen-bond donors (Lipinski definition) is 0. The number of nitrogens with zero attached hydrogens (tertiary/aromatic N) is 2. The summed E-state index contributed by atoms with van der Waals surface area (Å²) in [6.45, 7) is 0. The first kappa shape index (κ1) is 5.96. The van der Waals surface area contributed by atoms with Crippen molar-refractivity contribution in [3.8, 4) is 0 Å². The van der Waals surface area contributed by atoms with Gasteiger partial charge in [0.1, 0.15) is 0 Å². The van der Waals surface area contributed by atoms with Crippen LogP contribution in [0.25, 0.3) is 0 Å². The van der Waals surface area contributed by atoms with E-state index in [1.807, 2.05) is 11.7 Å². The Morgan fingerprint density at radius 2 is 2.50 bits per heavy atom. The maximum absolute atomic E-state index is 4.34. The maximum Gasteiger partial charge on any atom is 0.0659 e.